The van der Waals surface area contributed by atoms with Gasteiger partial charge in [0, 0.05) is 24.4 Å². The first-order valence-corrected chi connectivity index (χ1v) is 10.9. The van der Waals surface area contributed by atoms with Gasteiger partial charge in [0.15, 0.2) is 5.96 Å². The topological polar surface area (TPSA) is 84.0 Å². The third-order valence-electron chi connectivity index (χ3n) is 4.95. The van der Waals surface area contributed by atoms with Crippen LogP contribution in [-0.4, -0.2) is 44.3 Å². The van der Waals surface area contributed by atoms with E-state index in [0.29, 0.717) is 31.3 Å². The van der Waals surface area contributed by atoms with Crippen molar-refractivity contribution in [1.82, 2.24) is 10.6 Å². The standard InChI is InChI=1S/C24H31FN4O3/c1-3-26-24(28-15-23(30)29-20-7-4-6-19(25)13-20)27-14-18-10-9-17(2)12-22(18)32-16-21-8-5-11-31-21/h4,6-7,9-10,12-13,21H,3,5,8,11,14-16H2,1-2H3,(H,29,30)(H2,26,27,28). The minimum Gasteiger partial charge on any atom is -0.491 e. The van der Waals surface area contributed by atoms with E-state index in [1.54, 1.807) is 12.1 Å². The first-order valence-electron chi connectivity index (χ1n) is 10.9. The van der Waals surface area contributed by atoms with Crippen molar-refractivity contribution in [2.24, 2.45) is 4.99 Å². The zero-order valence-electron chi connectivity index (χ0n) is 18.6. The Kier molecular flexibility index (Phi) is 8.86. The van der Waals surface area contributed by atoms with Crippen molar-refractivity contribution in [2.45, 2.75) is 39.3 Å². The lowest BCUT2D eigenvalue weighted by Crippen LogP contribution is -2.41. The van der Waals surface area contributed by atoms with Gasteiger partial charge in [-0.05, 0) is 56.5 Å². The van der Waals surface area contributed by atoms with Crippen molar-refractivity contribution in [2.75, 3.05) is 31.6 Å². The Morgan fingerprint density at radius 3 is 2.88 bits per heavy atom. The first kappa shape index (κ1) is 23.5. The number of benzene rings is 2. The number of carbonyl (C=O) groups excluding carboxylic acids is 1. The highest BCUT2D eigenvalue weighted by molar-refractivity contribution is 5.94. The molecule has 1 aliphatic heterocycles. The highest BCUT2D eigenvalue weighted by Gasteiger charge is 2.17. The molecule has 1 heterocycles. The maximum Gasteiger partial charge on any atom is 0.243 e. The second-order valence-corrected chi connectivity index (χ2v) is 7.66. The summed E-state index contributed by atoms with van der Waals surface area (Å²) in [5.41, 5.74) is 2.47. The fourth-order valence-electron chi connectivity index (χ4n) is 3.33. The Morgan fingerprint density at radius 1 is 1.25 bits per heavy atom. The number of nitrogens with zero attached hydrogens (tertiary/aromatic N) is 1. The summed E-state index contributed by atoms with van der Waals surface area (Å²) in [6.45, 7) is 6.33. The highest BCUT2D eigenvalue weighted by Crippen LogP contribution is 2.23. The lowest BCUT2D eigenvalue weighted by molar-refractivity contribution is -0.115. The normalized spacial score (nSPS) is 16.0. The van der Waals surface area contributed by atoms with E-state index in [2.05, 4.69) is 20.9 Å². The van der Waals surface area contributed by atoms with E-state index in [1.807, 2.05) is 32.0 Å². The van der Waals surface area contributed by atoms with Crippen LogP contribution in [0.3, 0.4) is 0 Å². The minimum atomic E-state index is -0.402. The number of ether oxygens (including phenoxy) is 2. The largest absolute Gasteiger partial charge is 0.491 e. The quantitative estimate of drug-likeness (QED) is 0.410. The number of rotatable bonds is 9. The lowest BCUT2D eigenvalue weighted by Gasteiger charge is -2.15. The second-order valence-electron chi connectivity index (χ2n) is 7.66. The smallest absolute Gasteiger partial charge is 0.243 e. The molecule has 0 saturated carbocycles. The Bertz CT molecular complexity index is 929. The Labute approximate surface area is 188 Å². The number of aliphatic imine (C=N–C) groups is 1. The summed E-state index contributed by atoms with van der Waals surface area (Å²) in [5, 5.41) is 8.79. The van der Waals surface area contributed by atoms with Crippen LogP contribution in [0.4, 0.5) is 10.1 Å². The van der Waals surface area contributed by atoms with Crippen LogP contribution in [0.25, 0.3) is 0 Å². The molecule has 2 aromatic carbocycles. The van der Waals surface area contributed by atoms with Crippen LogP contribution in [0.2, 0.25) is 0 Å². The number of guanidine groups is 1. The molecule has 1 saturated heterocycles. The number of hydrogen-bond acceptors (Lipinski definition) is 4. The van der Waals surface area contributed by atoms with Gasteiger partial charge in [0.05, 0.1) is 19.2 Å². The third kappa shape index (κ3) is 7.53. The summed E-state index contributed by atoms with van der Waals surface area (Å²) in [5.74, 6) is 0.606. The van der Waals surface area contributed by atoms with Gasteiger partial charge < -0.3 is 25.4 Å². The molecule has 172 valence electrons. The van der Waals surface area contributed by atoms with Crippen molar-refractivity contribution in [3.63, 3.8) is 0 Å². The van der Waals surface area contributed by atoms with Crippen molar-refractivity contribution in [1.29, 1.82) is 0 Å². The maximum absolute atomic E-state index is 13.3. The average molecular weight is 443 g/mol. The Morgan fingerprint density at radius 2 is 2.12 bits per heavy atom. The number of nitrogens with one attached hydrogen (secondary N) is 3. The third-order valence-corrected chi connectivity index (χ3v) is 4.95. The van der Waals surface area contributed by atoms with Gasteiger partial charge in [-0.25, -0.2) is 9.38 Å². The SMILES string of the molecule is CCNC(=NCc1ccc(C)cc1OCC1CCCO1)NCC(=O)Nc1cccc(F)c1. The van der Waals surface area contributed by atoms with Crippen molar-refractivity contribution in [3.05, 3.63) is 59.4 Å². The molecule has 1 aliphatic rings. The number of anilines is 1. The molecule has 0 aliphatic carbocycles. The molecule has 1 fully saturated rings. The number of amides is 1. The van der Waals surface area contributed by atoms with Crippen LogP contribution in [0.1, 0.15) is 30.9 Å². The van der Waals surface area contributed by atoms with Gasteiger partial charge >= 0.3 is 0 Å². The van der Waals surface area contributed by atoms with Crippen LogP contribution in [-0.2, 0) is 16.1 Å². The molecule has 7 nitrogen and oxygen atoms in total. The Hall–Kier alpha value is -3.13. The fraction of sp³-hybridized carbons (Fsp3) is 0.417. The molecular weight excluding hydrogens is 411 g/mol. The summed E-state index contributed by atoms with van der Waals surface area (Å²) < 4.78 is 25.0. The predicted molar refractivity (Wildman–Crippen MR) is 123 cm³/mol. The maximum atomic E-state index is 13.3. The average Bonchev–Trinajstić information content (AvgIpc) is 3.29. The van der Waals surface area contributed by atoms with E-state index in [-0.39, 0.29) is 18.6 Å². The number of carbonyl (C=O) groups is 1. The van der Waals surface area contributed by atoms with Gasteiger partial charge in [-0.15, -0.1) is 0 Å². The predicted octanol–water partition coefficient (Wildman–Crippen LogP) is 3.39. The van der Waals surface area contributed by atoms with Gasteiger partial charge in [-0.2, -0.15) is 0 Å². The van der Waals surface area contributed by atoms with Gasteiger partial charge in [0.1, 0.15) is 18.2 Å². The molecule has 0 spiro atoms. The summed E-state index contributed by atoms with van der Waals surface area (Å²) >= 11 is 0. The summed E-state index contributed by atoms with van der Waals surface area (Å²) in [6, 6.07) is 11.8. The summed E-state index contributed by atoms with van der Waals surface area (Å²) in [4.78, 5) is 16.8. The summed E-state index contributed by atoms with van der Waals surface area (Å²) in [6.07, 6.45) is 2.23. The van der Waals surface area contributed by atoms with E-state index in [9.17, 15) is 9.18 Å². The van der Waals surface area contributed by atoms with Gasteiger partial charge in [-0.1, -0.05) is 18.2 Å². The number of halogens is 1. The fourth-order valence-corrected chi connectivity index (χ4v) is 3.33. The van der Waals surface area contributed by atoms with E-state index in [4.69, 9.17) is 9.47 Å². The lowest BCUT2D eigenvalue weighted by atomic mass is 10.1. The van der Waals surface area contributed by atoms with Crippen molar-refractivity contribution >= 4 is 17.6 Å². The van der Waals surface area contributed by atoms with Crippen molar-refractivity contribution < 1.29 is 18.7 Å². The molecule has 32 heavy (non-hydrogen) atoms. The highest BCUT2D eigenvalue weighted by atomic mass is 19.1. The van der Waals surface area contributed by atoms with Crippen LogP contribution >= 0.6 is 0 Å². The first-order chi connectivity index (χ1) is 15.5. The Balaban J connectivity index is 1.58. The molecule has 0 bridgehead atoms. The zero-order chi connectivity index (χ0) is 22.8. The van der Waals surface area contributed by atoms with Gasteiger partial charge in [-0.3, -0.25) is 4.79 Å². The number of aryl methyl sites for hydroxylation is 1. The van der Waals surface area contributed by atoms with E-state index >= 15 is 0 Å². The molecule has 8 heteroatoms. The molecule has 3 rings (SSSR count). The monoisotopic (exact) mass is 442 g/mol. The number of hydrogen-bond donors (Lipinski definition) is 3. The van der Waals surface area contributed by atoms with Gasteiger partial charge in [0.25, 0.3) is 0 Å². The molecule has 0 radical (unpaired) electrons. The van der Waals surface area contributed by atoms with E-state index < -0.39 is 5.82 Å². The van der Waals surface area contributed by atoms with E-state index in [1.165, 1.54) is 12.1 Å². The molecule has 1 amide bonds. The van der Waals surface area contributed by atoms with Crippen LogP contribution < -0.4 is 20.7 Å². The van der Waals surface area contributed by atoms with E-state index in [0.717, 1.165) is 36.3 Å². The van der Waals surface area contributed by atoms with Gasteiger partial charge in [0.2, 0.25) is 5.91 Å². The molecule has 3 N–H and O–H groups in total. The molecule has 1 atom stereocenters. The molecule has 2 aromatic rings. The molecular formula is C24H31FN4O3. The zero-order valence-corrected chi connectivity index (χ0v) is 18.6. The van der Waals surface area contributed by atoms with Crippen LogP contribution in [0.15, 0.2) is 47.5 Å². The van der Waals surface area contributed by atoms with Crippen LogP contribution in [0.5, 0.6) is 5.75 Å². The summed E-state index contributed by atoms with van der Waals surface area (Å²) in [7, 11) is 0. The van der Waals surface area contributed by atoms with Crippen molar-refractivity contribution in [3.8, 4) is 5.75 Å². The second kappa shape index (κ2) is 12.0. The molecule has 1 unspecified atom stereocenters. The minimum absolute atomic E-state index is 0.00137. The molecule has 0 aromatic heterocycles. The van der Waals surface area contributed by atoms with Crippen LogP contribution in [0, 0.1) is 12.7 Å².